The zero-order valence-electron chi connectivity index (χ0n) is 18.1. The Kier molecular flexibility index (Phi) is 14.8. The van der Waals surface area contributed by atoms with Crippen LogP contribution in [-0.4, -0.2) is 14.7 Å². The molecule has 0 saturated carbocycles. The topological polar surface area (TPSA) is 130 Å². The second kappa shape index (κ2) is 15.2. The van der Waals surface area contributed by atoms with Crippen LogP contribution in [0.3, 0.4) is 0 Å². The number of hydrogen-bond donors (Lipinski definition) is 3. The van der Waals surface area contributed by atoms with Gasteiger partial charge in [0.2, 0.25) is 0 Å². The van der Waals surface area contributed by atoms with Crippen molar-refractivity contribution in [2.45, 2.75) is 72.6 Å². The molecule has 11 heteroatoms. The standard InChI is InChI=1S/C19H33O8P3/c1-5-6-10-17(2)11-7-12-18(3)13-8-14-19(4)15-9-16-29(22,23)27-30(24,25)26-28(20)21/h9,11,13,15-16H,5-8,10,12,14H2,1-4H3,(H2-,20,21,22,23,24,25)/p+1. The van der Waals surface area contributed by atoms with Gasteiger partial charge in [0, 0.05) is 10.4 Å². The van der Waals surface area contributed by atoms with Gasteiger partial charge in [0.1, 0.15) is 0 Å². The van der Waals surface area contributed by atoms with Crippen LogP contribution >= 0.6 is 23.7 Å². The maximum atomic E-state index is 11.7. The van der Waals surface area contributed by atoms with Gasteiger partial charge in [-0.1, -0.05) is 54.4 Å². The van der Waals surface area contributed by atoms with Gasteiger partial charge < -0.3 is 4.89 Å². The van der Waals surface area contributed by atoms with Gasteiger partial charge in [-0.2, -0.15) is 0 Å². The predicted octanol–water partition coefficient (Wildman–Crippen LogP) is 7.06. The van der Waals surface area contributed by atoms with E-state index >= 15 is 0 Å². The molecule has 30 heavy (non-hydrogen) atoms. The fraction of sp³-hybridized carbons (Fsp3) is 0.579. The highest BCUT2D eigenvalue weighted by Gasteiger charge is 2.40. The van der Waals surface area contributed by atoms with Crippen LogP contribution in [0.1, 0.15) is 72.6 Å². The highest BCUT2D eigenvalue weighted by atomic mass is 31.3. The van der Waals surface area contributed by atoms with E-state index in [2.05, 4.69) is 41.5 Å². The summed E-state index contributed by atoms with van der Waals surface area (Å²) in [6.07, 6.45) is 14.5. The van der Waals surface area contributed by atoms with Gasteiger partial charge in [0.15, 0.2) is 0 Å². The first-order valence-electron chi connectivity index (χ1n) is 9.75. The smallest absolute Gasteiger partial charge is 0.321 e. The Balaban J connectivity index is 4.48. The molecule has 0 aromatic rings. The van der Waals surface area contributed by atoms with E-state index in [-0.39, 0.29) is 0 Å². The molecular formula is C19H34O8P3+. The van der Waals surface area contributed by atoms with Crippen LogP contribution < -0.4 is 0 Å². The van der Waals surface area contributed by atoms with E-state index in [1.807, 2.05) is 6.92 Å². The number of rotatable bonds is 15. The quantitative estimate of drug-likeness (QED) is 0.128. The summed E-state index contributed by atoms with van der Waals surface area (Å²) in [6.45, 7) is 8.32. The first kappa shape index (κ1) is 29.3. The lowest BCUT2D eigenvalue weighted by atomic mass is 10.0. The zero-order chi connectivity index (χ0) is 23.2. The van der Waals surface area contributed by atoms with Gasteiger partial charge in [-0.25, -0.2) is 8.88 Å². The van der Waals surface area contributed by atoms with Crippen LogP contribution in [0.4, 0.5) is 0 Å². The van der Waals surface area contributed by atoms with Gasteiger partial charge >= 0.3 is 23.7 Å². The number of phosphoric acid groups is 1. The third-order valence-corrected chi connectivity index (χ3v) is 7.73. The first-order valence-corrected chi connectivity index (χ1v) is 14.0. The van der Waals surface area contributed by atoms with Crippen LogP contribution in [0.5, 0.6) is 0 Å². The summed E-state index contributed by atoms with van der Waals surface area (Å²) in [7, 11) is -13.2. The third kappa shape index (κ3) is 17.0. The Morgan fingerprint density at radius 1 is 0.967 bits per heavy atom. The average Bonchev–Trinajstić information content (AvgIpc) is 2.57. The molecule has 0 rings (SSSR count). The van der Waals surface area contributed by atoms with Crippen LogP contribution in [0.25, 0.3) is 0 Å². The van der Waals surface area contributed by atoms with E-state index in [4.69, 9.17) is 9.79 Å². The van der Waals surface area contributed by atoms with Gasteiger partial charge in [-0.15, -0.1) is 4.89 Å². The number of unbranched alkanes of at least 4 members (excludes halogenated alkanes) is 1. The lowest BCUT2D eigenvalue weighted by molar-refractivity contribution is 0.266. The molecule has 0 heterocycles. The third-order valence-electron chi connectivity index (χ3n) is 4.04. The van der Waals surface area contributed by atoms with Crippen molar-refractivity contribution in [3.05, 3.63) is 46.8 Å². The van der Waals surface area contributed by atoms with Crippen molar-refractivity contribution < 1.29 is 37.0 Å². The Morgan fingerprint density at radius 2 is 1.50 bits per heavy atom. The second-order valence-corrected chi connectivity index (χ2v) is 11.2. The molecule has 0 aliphatic carbocycles. The lowest BCUT2D eigenvalue weighted by Gasteiger charge is -2.07. The number of allylic oxidation sites excluding steroid dienone is 7. The largest absolute Gasteiger partial charge is 0.705 e. The zero-order valence-corrected chi connectivity index (χ0v) is 20.7. The highest BCUT2D eigenvalue weighted by molar-refractivity contribution is 7.68. The van der Waals surface area contributed by atoms with Gasteiger partial charge in [0.25, 0.3) is 0 Å². The van der Waals surface area contributed by atoms with Crippen molar-refractivity contribution >= 4 is 23.7 Å². The van der Waals surface area contributed by atoms with Crippen molar-refractivity contribution in [2.24, 2.45) is 0 Å². The molecule has 0 aromatic carbocycles. The van der Waals surface area contributed by atoms with Crippen molar-refractivity contribution in [2.75, 3.05) is 0 Å². The van der Waals surface area contributed by atoms with Crippen molar-refractivity contribution in [1.82, 2.24) is 0 Å². The molecule has 0 saturated heterocycles. The summed E-state index contributed by atoms with van der Waals surface area (Å²) in [5.74, 6) is 0.710. The molecule has 3 atom stereocenters. The van der Waals surface area contributed by atoms with Crippen molar-refractivity contribution in [1.29, 1.82) is 0 Å². The molecule has 0 aliphatic rings. The minimum absolute atomic E-state index is 0.710. The average molecular weight is 483 g/mol. The van der Waals surface area contributed by atoms with E-state index < -0.39 is 23.7 Å². The van der Waals surface area contributed by atoms with E-state index in [0.717, 1.165) is 37.7 Å². The number of hydrogen-bond acceptors (Lipinski definition) is 5. The van der Waals surface area contributed by atoms with Crippen molar-refractivity contribution in [3.63, 3.8) is 0 Å². The molecule has 0 bridgehead atoms. The summed E-state index contributed by atoms with van der Waals surface area (Å²) in [5.41, 5.74) is 3.69. The van der Waals surface area contributed by atoms with Crippen LogP contribution in [0, 0.1) is 0 Å². The predicted molar refractivity (Wildman–Crippen MR) is 120 cm³/mol. The van der Waals surface area contributed by atoms with Crippen LogP contribution in [-0.2, 0) is 22.3 Å². The van der Waals surface area contributed by atoms with Gasteiger partial charge in [-0.05, 0) is 63.6 Å². The SMILES string of the molecule is CCCCC(C)=CCCC(C)=CCCC(C)=CC=CP(=O)(O)OP(=O)(O)O[P+](=O)O. The van der Waals surface area contributed by atoms with E-state index in [1.54, 1.807) is 6.08 Å². The monoisotopic (exact) mass is 483 g/mol. The molecule has 0 radical (unpaired) electrons. The molecule has 3 N–H and O–H groups in total. The summed E-state index contributed by atoms with van der Waals surface area (Å²) < 4.78 is 41.1. The molecule has 0 spiro atoms. The molecule has 8 nitrogen and oxygen atoms in total. The lowest BCUT2D eigenvalue weighted by Crippen LogP contribution is -1.87. The van der Waals surface area contributed by atoms with E-state index in [1.165, 1.54) is 30.1 Å². The molecule has 0 fully saturated rings. The summed E-state index contributed by atoms with van der Waals surface area (Å²) in [6, 6.07) is 0. The molecule has 0 amide bonds. The van der Waals surface area contributed by atoms with Gasteiger partial charge in [-0.3, -0.25) is 9.46 Å². The second-order valence-electron chi connectivity index (χ2n) is 7.07. The fourth-order valence-corrected chi connectivity index (χ4v) is 5.23. The summed E-state index contributed by atoms with van der Waals surface area (Å²) >= 11 is 0. The van der Waals surface area contributed by atoms with Gasteiger partial charge in [0.05, 0.1) is 0 Å². The molecule has 3 unspecified atom stereocenters. The molecular weight excluding hydrogens is 449 g/mol. The summed E-state index contributed by atoms with van der Waals surface area (Å²) in [4.78, 5) is 27.0. The Bertz CT molecular complexity index is 768. The Labute approximate surface area is 180 Å². The Morgan fingerprint density at radius 3 is 2.03 bits per heavy atom. The van der Waals surface area contributed by atoms with E-state index in [0.29, 0.717) is 5.82 Å². The summed E-state index contributed by atoms with van der Waals surface area (Å²) in [5, 5.41) is 0. The molecule has 172 valence electrons. The molecule has 0 aliphatic heterocycles. The van der Waals surface area contributed by atoms with Crippen molar-refractivity contribution in [3.8, 4) is 0 Å². The minimum Gasteiger partial charge on any atom is -0.321 e. The maximum Gasteiger partial charge on any atom is 0.705 e. The van der Waals surface area contributed by atoms with Crippen LogP contribution in [0.2, 0.25) is 0 Å². The minimum atomic E-state index is -5.12. The fourth-order valence-electron chi connectivity index (χ4n) is 2.43. The van der Waals surface area contributed by atoms with E-state index in [9.17, 15) is 18.6 Å². The normalized spacial score (nSPS) is 18.4. The van der Waals surface area contributed by atoms with Crippen LogP contribution in [0.15, 0.2) is 46.8 Å². The molecule has 0 aromatic heterocycles. The highest BCUT2D eigenvalue weighted by Crippen LogP contribution is 2.63. The first-order chi connectivity index (χ1) is 13.9. The maximum absolute atomic E-state index is 11.7. The Hall–Kier alpha value is -0.680.